The minimum absolute atomic E-state index is 0.0965. The van der Waals surface area contributed by atoms with Crippen LogP contribution in [0, 0.1) is 0 Å². The SMILES string of the molecule is CCOC(=O)c1ccn(-c2ccc(NC(=O)N3CCN(Cc4ccccc4)CC3)cc2)n1. The van der Waals surface area contributed by atoms with Crippen LogP contribution >= 0.6 is 0 Å². The van der Waals surface area contributed by atoms with Crippen molar-refractivity contribution in [3.8, 4) is 5.69 Å². The van der Waals surface area contributed by atoms with Gasteiger partial charge in [-0.05, 0) is 42.8 Å². The van der Waals surface area contributed by atoms with Gasteiger partial charge in [-0.1, -0.05) is 30.3 Å². The molecule has 1 aliphatic rings. The van der Waals surface area contributed by atoms with E-state index in [9.17, 15) is 9.59 Å². The second kappa shape index (κ2) is 10.1. The van der Waals surface area contributed by atoms with Gasteiger partial charge < -0.3 is 15.0 Å². The summed E-state index contributed by atoms with van der Waals surface area (Å²) in [6, 6.07) is 19.2. The van der Waals surface area contributed by atoms with Crippen LogP contribution in [-0.4, -0.2) is 64.4 Å². The molecule has 3 aromatic rings. The first-order valence-corrected chi connectivity index (χ1v) is 10.8. The zero-order valence-corrected chi connectivity index (χ0v) is 18.1. The number of nitrogens with zero attached hydrogens (tertiary/aromatic N) is 4. The number of urea groups is 1. The van der Waals surface area contributed by atoms with E-state index in [2.05, 4.69) is 39.6 Å². The predicted molar refractivity (Wildman–Crippen MR) is 122 cm³/mol. The summed E-state index contributed by atoms with van der Waals surface area (Å²) in [6.45, 7) is 6.06. The lowest BCUT2D eigenvalue weighted by atomic mass is 10.2. The molecule has 1 N–H and O–H groups in total. The molecule has 8 nitrogen and oxygen atoms in total. The first-order valence-electron chi connectivity index (χ1n) is 10.8. The van der Waals surface area contributed by atoms with Gasteiger partial charge in [0.15, 0.2) is 5.69 Å². The second-order valence-electron chi connectivity index (χ2n) is 7.59. The lowest BCUT2D eigenvalue weighted by molar-refractivity contribution is 0.0519. The zero-order valence-electron chi connectivity index (χ0n) is 18.1. The molecular weight excluding hydrogens is 406 g/mol. The van der Waals surface area contributed by atoms with E-state index >= 15 is 0 Å². The Morgan fingerprint density at radius 3 is 2.38 bits per heavy atom. The second-order valence-corrected chi connectivity index (χ2v) is 7.59. The van der Waals surface area contributed by atoms with E-state index in [-0.39, 0.29) is 11.7 Å². The number of ether oxygens (including phenoxy) is 1. The molecule has 0 spiro atoms. The molecular formula is C24H27N5O3. The van der Waals surface area contributed by atoms with Crippen molar-refractivity contribution in [1.29, 1.82) is 0 Å². The Labute approximate surface area is 187 Å². The number of esters is 1. The molecule has 0 bridgehead atoms. The van der Waals surface area contributed by atoms with Gasteiger partial charge >= 0.3 is 12.0 Å². The van der Waals surface area contributed by atoms with E-state index < -0.39 is 5.97 Å². The molecule has 2 amide bonds. The number of amides is 2. The van der Waals surface area contributed by atoms with Crippen LogP contribution in [-0.2, 0) is 11.3 Å². The van der Waals surface area contributed by atoms with Crippen molar-refractivity contribution in [3.63, 3.8) is 0 Å². The van der Waals surface area contributed by atoms with Gasteiger partial charge in [0, 0.05) is 44.6 Å². The van der Waals surface area contributed by atoms with Crippen molar-refractivity contribution in [2.45, 2.75) is 13.5 Å². The van der Waals surface area contributed by atoms with Gasteiger partial charge in [0.2, 0.25) is 0 Å². The van der Waals surface area contributed by atoms with E-state index in [1.54, 1.807) is 23.9 Å². The fourth-order valence-corrected chi connectivity index (χ4v) is 3.63. The zero-order chi connectivity index (χ0) is 22.3. The highest BCUT2D eigenvalue weighted by atomic mass is 16.5. The summed E-state index contributed by atoms with van der Waals surface area (Å²) in [4.78, 5) is 28.6. The fraction of sp³-hybridized carbons (Fsp3) is 0.292. The number of piperazine rings is 1. The lowest BCUT2D eigenvalue weighted by Crippen LogP contribution is -2.49. The molecule has 1 aromatic heterocycles. The van der Waals surface area contributed by atoms with Crippen molar-refractivity contribution in [3.05, 3.63) is 78.1 Å². The van der Waals surface area contributed by atoms with E-state index in [0.29, 0.717) is 25.4 Å². The van der Waals surface area contributed by atoms with Crippen LogP contribution in [0.4, 0.5) is 10.5 Å². The molecule has 1 aliphatic heterocycles. The number of hydrogen-bond donors (Lipinski definition) is 1. The maximum absolute atomic E-state index is 12.7. The van der Waals surface area contributed by atoms with Gasteiger partial charge in [-0.3, -0.25) is 4.90 Å². The van der Waals surface area contributed by atoms with Gasteiger partial charge in [0.25, 0.3) is 0 Å². The molecule has 0 atom stereocenters. The highest BCUT2D eigenvalue weighted by molar-refractivity contribution is 5.89. The van der Waals surface area contributed by atoms with Gasteiger partial charge in [-0.2, -0.15) is 5.10 Å². The maximum Gasteiger partial charge on any atom is 0.358 e. The van der Waals surface area contributed by atoms with Crippen LogP contribution < -0.4 is 5.32 Å². The predicted octanol–water partition coefficient (Wildman–Crippen LogP) is 3.40. The summed E-state index contributed by atoms with van der Waals surface area (Å²) in [5, 5.41) is 7.20. The minimum Gasteiger partial charge on any atom is -0.461 e. The Bertz CT molecular complexity index is 1040. The van der Waals surface area contributed by atoms with E-state index in [4.69, 9.17) is 4.74 Å². The number of benzene rings is 2. The van der Waals surface area contributed by atoms with Crippen LogP contribution in [0.25, 0.3) is 5.69 Å². The van der Waals surface area contributed by atoms with E-state index in [1.807, 2.05) is 35.2 Å². The number of aromatic nitrogens is 2. The quantitative estimate of drug-likeness (QED) is 0.603. The van der Waals surface area contributed by atoms with Crippen LogP contribution in [0.2, 0.25) is 0 Å². The Balaban J connectivity index is 1.28. The number of rotatable bonds is 6. The van der Waals surface area contributed by atoms with Crippen LogP contribution in [0.1, 0.15) is 23.0 Å². The smallest absolute Gasteiger partial charge is 0.358 e. The average Bonchev–Trinajstić information content (AvgIpc) is 3.31. The minimum atomic E-state index is -0.445. The topological polar surface area (TPSA) is 79.7 Å². The van der Waals surface area contributed by atoms with Crippen molar-refractivity contribution >= 4 is 17.7 Å². The molecule has 0 unspecified atom stereocenters. The van der Waals surface area contributed by atoms with Crippen molar-refractivity contribution in [2.75, 3.05) is 38.1 Å². The Kier molecular flexibility index (Phi) is 6.81. The van der Waals surface area contributed by atoms with E-state index in [0.717, 1.165) is 25.3 Å². The van der Waals surface area contributed by atoms with Gasteiger partial charge in [0.1, 0.15) is 0 Å². The summed E-state index contributed by atoms with van der Waals surface area (Å²) in [6.07, 6.45) is 1.70. The first kappa shape index (κ1) is 21.6. The highest BCUT2D eigenvalue weighted by Gasteiger charge is 2.21. The molecule has 2 heterocycles. The van der Waals surface area contributed by atoms with Gasteiger partial charge in [-0.25, -0.2) is 14.3 Å². The summed E-state index contributed by atoms with van der Waals surface area (Å²) >= 11 is 0. The average molecular weight is 434 g/mol. The molecule has 166 valence electrons. The van der Waals surface area contributed by atoms with Crippen molar-refractivity contribution < 1.29 is 14.3 Å². The third-order valence-electron chi connectivity index (χ3n) is 5.37. The largest absolute Gasteiger partial charge is 0.461 e. The monoisotopic (exact) mass is 433 g/mol. The summed E-state index contributed by atoms with van der Waals surface area (Å²) in [5.74, 6) is -0.445. The normalized spacial score (nSPS) is 14.2. The van der Waals surface area contributed by atoms with Crippen LogP contribution in [0.3, 0.4) is 0 Å². The third-order valence-corrected chi connectivity index (χ3v) is 5.37. The fourth-order valence-electron chi connectivity index (χ4n) is 3.63. The van der Waals surface area contributed by atoms with Gasteiger partial charge in [-0.15, -0.1) is 0 Å². The number of nitrogens with one attached hydrogen (secondary N) is 1. The summed E-state index contributed by atoms with van der Waals surface area (Å²) < 4.78 is 6.56. The first-order chi connectivity index (χ1) is 15.6. The molecule has 0 aliphatic carbocycles. The van der Waals surface area contributed by atoms with Crippen molar-refractivity contribution in [1.82, 2.24) is 19.6 Å². The van der Waals surface area contributed by atoms with Crippen LogP contribution in [0.15, 0.2) is 66.9 Å². The third kappa shape index (κ3) is 5.33. The molecule has 0 radical (unpaired) electrons. The Hall–Kier alpha value is -3.65. The molecule has 32 heavy (non-hydrogen) atoms. The van der Waals surface area contributed by atoms with E-state index in [1.165, 1.54) is 5.56 Å². The van der Waals surface area contributed by atoms with Gasteiger partial charge in [0.05, 0.1) is 12.3 Å². The van der Waals surface area contributed by atoms with Crippen LogP contribution in [0.5, 0.6) is 0 Å². The molecule has 1 fully saturated rings. The highest BCUT2D eigenvalue weighted by Crippen LogP contribution is 2.15. The standard InChI is InChI=1S/C24H27N5O3/c1-2-32-23(30)22-12-13-29(26-22)21-10-8-20(9-11-21)25-24(31)28-16-14-27(15-17-28)18-19-6-4-3-5-7-19/h3-13H,2,14-18H2,1H3,(H,25,31). The Morgan fingerprint density at radius 2 is 1.69 bits per heavy atom. The lowest BCUT2D eigenvalue weighted by Gasteiger charge is -2.34. The number of hydrogen-bond acceptors (Lipinski definition) is 5. The maximum atomic E-state index is 12.7. The molecule has 2 aromatic carbocycles. The number of anilines is 1. The number of carbonyl (C=O) groups excluding carboxylic acids is 2. The van der Waals surface area contributed by atoms with Crippen molar-refractivity contribution in [2.24, 2.45) is 0 Å². The molecule has 4 rings (SSSR count). The molecule has 8 heteroatoms. The number of carbonyl (C=O) groups is 2. The summed E-state index contributed by atoms with van der Waals surface area (Å²) in [7, 11) is 0. The molecule has 0 saturated carbocycles. The summed E-state index contributed by atoms with van der Waals surface area (Å²) in [5.41, 5.74) is 3.05. The molecule has 1 saturated heterocycles. The Morgan fingerprint density at radius 1 is 0.969 bits per heavy atom.